The van der Waals surface area contributed by atoms with Gasteiger partial charge in [0, 0.05) is 5.02 Å². The molecule has 14 heavy (non-hydrogen) atoms. The zero-order valence-electron chi connectivity index (χ0n) is 7.52. The normalized spacial score (nSPS) is 26.4. The first-order chi connectivity index (χ1) is 6.75. The monoisotopic (exact) mass is 214 g/mol. The Morgan fingerprint density at radius 3 is 2.57 bits per heavy atom. The lowest BCUT2D eigenvalue weighted by Crippen LogP contribution is -2.29. The molecule has 0 aliphatic carbocycles. The Morgan fingerprint density at radius 2 is 2.00 bits per heavy atom. The van der Waals surface area contributed by atoms with Gasteiger partial charge in [0.05, 0.1) is 13.2 Å². The Morgan fingerprint density at radius 1 is 1.29 bits per heavy atom. The van der Waals surface area contributed by atoms with Crippen LogP contribution >= 0.6 is 11.6 Å². The Balaban J connectivity index is 2.00. The van der Waals surface area contributed by atoms with Crippen molar-refractivity contribution in [2.75, 3.05) is 13.2 Å². The van der Waals surface area contributed by atoms with Gasteiger partial charge in [0.25, 0.3) is 0 Å². The molecule has 76 valence electrons. The predicted molar refractivity (Wildman–Crippen MR) is 52.7 cm³/mol. The molecule has 1 aromatic rings. The van der Waals surface area contributed by atoms with Gasteiger partial charge >= 0.3 is 0 Å². The molecule has 4 heteroatoms. The SMILES string of the molecule is O[C@@H]1COC[C@H]1Oc1ccc(Cl)cc1. The lowest BCUT2D eigenvalue weighted by Gasteiger charge is -2.14. The highest BCUT2D eigenvalue weighted by atomic mass is 35.5. The van der Waals surface area contributed by atoms with Crippen LogP contribution in [0.1, 0.15) is 0 Å². The first-order valence-electron chi connectivity index (χ1n) is 4.44. The summed E-state index contributed by atoms with van der Waals surface area (Å²) in [7, 11) is 0. The van der Waals surface area contributed by atoms with Crippen LogP contribution in [0.4, 0.5) is 0 Å². The summed E-state index contributed by atoms with van der Waals surface area (Å²) in [5.41, 5.74) is 0. The summed E-state index contributed by atoms with van der Waals surface area (Å²) < 4.78 is 10.6. The first-order valence-corrected chi connectivity index (χ1v) is 4.81. The van der Waals surface area contributed by atoms with Crippen molar-refractivity contribution < 1.29 is 14.6 Å². The molecular formula is C10H11ClO3. The number of hydrogen-bond acceptors (Lipinski definition) is 3. The summed E-state index contributed by atoms with van der Waals surface area (Å²) >= 11 is 5.73. The minimum atomic E-state index is -0.536. The van der Waals surface area contributed by atoms with Crippen molar-refractivity contribution in [3.05, 3.63) is 29.3 Å². The number of halogens is 1. The molecule has 1 aliphatic heterocycles. The molecule has 1 aliphatic rings. The Hall–Kier alpha value is -0.770. The number of ether oxygens (including phenoxy) is 2. The smallest absolute Gasteiger partial charge is 0.150 e. The van der Waals surface area contributed by atoms with Crippen molar-refractivity contribution in [2.45, 2.75) is 12.2 Å². The molecule has 3 nitrogen and oxygen atoms in total. The van der Waals surface area contributed by atoms with E-state index in [4.69, 9.17) is 21.1 Å². The molecule has 1 fully saturated rings. The molecule has 0 spiro atoms. The summed E-state index contributed by atoms with van der Waals surface area (Å²) in [4.78, 5) is 0. The van der Waals surface area contributed by atoms with Crippen LogP contribution in [0.5, 0.6) is 5.75 Å². The molecular weight excluding hydrogens is 204 g/mol. The van der Waals surface area contributed by atoms with Crippen LogP contribution in [0.15, 0.2) is 24.3 Å². The van der Waals surface area contributed by atoms with Crippen molar-refractivity contribution >= 4 is 11.6 Å². The standard InChI is InChI=1S/C10H11ClO3/c11-7-1-3-8(4-2-7)14-10-6-13-5-9(10)12/h1-4,9-10,12H,5-6H2/t9-,10-/m1/s1. The summed E-state index contributed by atoms with van der Waals surface area (Å²) in [5, 5.41) is 10.1. The minimum absolute atomic E-state index is 0.267. The van der Waals surface area contributed by atoms with E-state index in [0.29, 0.717) is 24.0 Å². The van der Waals surface area contributed by atoms with Gasteiger partial charge in [-0.05, 0) is 24.3 Å². The highest BCUT2D eigenvalue weighted by Gasteiger charge is 2.27. The maximum atomic E-state index is 9.43. The second-order valence-electron chi connectivity index (χ2n) is 3.22. The van der Waals surface area contributed by atoms with Crippen LogP contribution in [0.3, 0.4) is 0 Å². The van der Waals surface area contributed by atoms with Gasteiger partial charge in [-0.15, -0.1) is 0 Å². The van der Waals surface area contributed by atoms with Crippen molar-refractivity contribution in [2.24, 2.45) is 0 Å². The topological polar surface area (TPSA) is 38.7 Å². The number of benzene rings is 1. The highest BCUT2D eigenvalue weighted by Crippen LogP contribution is 2.19. The van der Waals surface area contributed by atoms with E-state index in [-0.39, 0.29) is 6.10 Å². The molecule has 0 amide bonds. The van der Waals surface area contributed by atoms with E-state index in [1.807, 2.05) is 0 Å². The third-order valence-electron chi connectivity index (χ3n) is 2.10. The van der Waals surface area contributed by atoms with Gasteiger partial charge in [-0.3, -0.25) is 0 Å². The van der Waals surface area contributed by atoms with Crippen molar-refractivity contribution in [3.8, 4) is 5.75 Å². The molecule has 2 rings (SSSR count). The van der Waals surface area contributed by atoms with E-state index in [9.17, 15) is 5.11 Å². The zero-order valence-corrected chi connectivity index (χ0v) is 8.28. The van der Waals surface area contributed by atoms with Gasteiger partial charge < -0.3 is 14.6 Å². The summed E-state index contributed by atoms with van der Waals surface area (Å²) in [6.45, 7) is 0.780. The third-order valence-corrected chi connectivity index (χ3v) is 2.35. The van der Waals surface area contributed by atoms with Gasteiger partial charge in [-0.25, -0.2) is 0 Å². The largest absolute Gasteiger partial charge is 0.485 e. The van der Waals surface area contributed by atoms with Crippen molar-refractivity contribution in [1.82, 2.24) is 0 Å². The summed E-state index contributed by atoms with van der Waals surface area (Å²) in [6.07, 6.45) is -0.804. The molecule has 0 saturated carbocycles. The number of rotatable bonds is 2. The summed E-state index contributed by atoms with van der Waals surface area (Å²) in [5.74, 6) is 0.698. The highest BCUT2D eigenvalue weighted by molar-refractivity contribution is 6.30. The fraction of sp³-hybridized carbons (Fsp3) is 0.400. The van der Waals surface area contributed by atoms with Crippen LogP contribution < -0.4 is 4.74 Å². The molecule has 0 aromatic heterocycles. The lowest BCUT2D eigenvalue weighted by molar-refractivity contribution is 0.0733. The summed E-state index contributed by atoms with van der Waals surface area (Å²) in [6, 6.07) is 7.04. The predicted octanol–water partition coefficient (Wildman–Crippen LogP) is 1.48. The van der Waals surface area contributed by atoms with E-state index >= 15 is 0 Å². The van der Waals surface area contributed by atoms with Crippen LogP contribution in [-0.4, -0.2) is 30.5 Å². The van der Waals surface area contributed by atoms with E-state index < -0.39 is 6.10 Å². The van der Waals surface area contributed by atoms with Gasteiger partial charge in [-0.1, -0.05) is 11.6 Å². The van der Waals surface area contributed by atoms with E-state index in [0.717, 1.165) is 0 Å². The van der Waals surface area contributed by atoms with Crippen molar-refractivity contribution in [1.29, 1.82) is 0 Å². The molecule has 0 unspecified atom stereocenters. The average Bonchev–Trinajstić information content (AvgIpc) is 2.56. The van der Waals surface area contributed by atoms with Crippen LogP contribution in [0.25, 0.3) is 0 Å². The Kier molecular flexibility index (Phi) is 2.91. The molecule has 0 radical (unpaired) electrons. The second-order valence-corrected chi connectivity index (χ2v) is 3.65. The molecule has 1 N–H and O–H groups in total. The second kappa shape index (κ2) is 4.17. The Bertz CT molecular complexity index is 299. The fourth-order valence-corrected chi connectivity index (χ4v) is 1.45. The maximum absolute atomic E-state index is 9.43. The number of hydrogen-bond donors (Lipinski definition) is 1. The average molecular weight is 215 g/mol. The fourth-order valence-electron chi connectivity index (χ4n) is 1.32. The third kappa shape index (κ3) is 2.18. The zero-order chi connectivity index (χ0) is 9.97. The van der Waals surface area contributed by atoms with E-state index in [1.54, 1.807) is 24.3 Å². The van der Waals surface area contributed by atoms with Crippen LogP contribution in [-0.2, 0) is 4.74 Å². The molecule has 1 aromatic carbocycles. The van der Waals surface area contributed by atoms with Gasteiger partial charge in [-0.2, -0.15) is 0 Å². The molecule has 1 saturated heterocycles. The van der Waals surface area contributed by atoms with E-state index in [2.05, 4.69) is 0 Å². The quantitative estimate of drug-likeness (QED) is 0.811. The number of aliphatic hydroxyl groups excluding tert-OH is 1. The van der Waals surface area contributed by atoms with E-state index in [1.165, 1.54) is 0 Å². The van der Waals surface area contributed by atoms with Crippen LogP contribution in [0.2, 0.25) is 5.02 Å². The maximum Gasteiger partial charge on any atom is 0.150 e. The van der Waals surface area contributed by atoms with Gasteiger partial charge in [0.2, 0.25) is 0 Å². The number of aliphatic hydroxyl groups is 1. The lowest BCUT2D eigenvalue weighted by atomic mass is 10.2. The first kappa shape index (κ1) is 9.77. The molecule has 0 bridgehead atoms. The Labute approximate surface area is 87.2 Å². The van der Waals surface area contributed by atoms with Gasteiger partial charge in [0.1, 0.15) is 18.0 Å². The van der Waals surface area contributed by atoms with Crippen molar-refractivity contribution in [3.63, 3.8) is 0 Å². The van der Waals surface area contributed by atoms with Crippen LogP contribution in [0, 0.1) is 0 Å². The molecule has 2 atom stereocenters. The van der Waals surface area contributed by atoms with Gasteiger partial charge in [0.15, 0.2) is 0 Å². The minimum Gasteiger partial charge on any atom is -0.485 e. The molecule has 1 heterocycles.